The van der Waals surface area contributed by atoms with Gasteiger partial charge in [-0.05, 0) is 42.8 Å². The fraction of sp³-hybridized carbons (Fsp3) is 0.292. The third-order valence-corrected chi connectivity index (χ3v) is 5.65. The van der Waals surface area contributed by atoms with Crippen molar-refractivity contribution in [3.8, 4) is 6.07 Å². The summed E-state index contributed by atoms with van der Waals surface area (Å²) < 4.78 is 41.5. The van der Waals surface area contributed by atoms with E-state index < -0.39 is 24.7 Å². The van der Waals surface area contributed by atoms with Crippen LogP contribution in [0.2, 0.25) is 0 Å². The zero-order valence-corrected chi connectivity index (χ0v) is 18.7. The number of anilines is 2. The highest BCUT2D eigenvalue weighted by Gasteiger charge is 2.47. The maximum absolute atomic E-state index is 13.5. The predicted octanol–water partition coefficient (Wildman–Crippen LogP) is 3.29. The number of benzene rings is 2. The minimum atomic E-state index is -4.40. The second kappa shape index (κ2) is 9.77. The smallest absolute Gasteiger partial charge is 0.367 e. The maximum atomic E-state index is 13.5. The Morgan fingerprint density at radius 2 is 2.00 bits per heavy atom. The fourth-order valence-electron chi connectivity index (χ4n) is 4.08. The summed E-state index contributed by atoms with van der Waals surface area (Å²) in [4.78, 5) is 28.0. The van der Waals surface area contributed by atoms with Gasteiger partial charge in [0.25, 0.3) is 5.91 Å². The molecular weight excluding hydrogens is 463 g/mol. The van der Waals surface area contributed by atoms with E-state index in [1.54, 1.807) is 66.7 Å². The van der Waals surface area contributed by atoms with Crippen LogP contribution in [0.4, 0.5) is 24.5 Å². The first kappa shape index (κ1) is 24.3. The zero-order chi connectivity index (χ0) is 25.2. The number of carbonyl (C=O) groups excluding carboxylic acids is 2. The van der Waals surface area contributed by atoms with Gasteiger partial charge in [0.1, 0.15) is 12.6 Å². The third kappa shape index (κ3) is 5.45. The molecule has 0 spiro atoms. The van der Waals surface area contributed by atoms with Crippen molar-refractivity contribution in [2.24, 2.45) is 5.92 Å². The van der Waals surface area contributed by atoms with Gasteiger partial charge in [0, 0.05) is 29.8 Å². The average Bonchev–Trinajstić information content (AvgIpc) is 3.23. The Balaban J connectivity index is 1.48. The lowest BCUT2D eigenvalue weighted by atomic mass is 9.97. The highest BCUT2D eigenvalue weighted by atomic mass is 19.4. The summed E-state index contributed by atoms with van der Waals surface area (Å²) in [6.45, 7) is 0.443. The van der Waals surface area contributed by atoms with Gasteiger partial charge >= 0.3 is 6.18 Å². The van der Waals surface area contributed by atoms with Gasteiger partial charge in [-0.15, -0.1) is 0 Å². The summed E-state index contributed by atoms with van der Waals surface area (Å²) in [6, 6.07) is 14.2. The largest absolute Gasteiger partial charge is 0.411 e. The maximum Gasteiger partial charge on any atom is 0.411 e. The minimum absolute atomic E-state index is 0.210. The van der Waals surface area contributed by atoms with Crippen molar-refractivity contribution in [2.45, 2.75) is 25.7 Å². The van der Waals surface area contributed by atoms with Crippen LogP contribution >= 0.6 is 0 Å². The Bertz CT molecular complexity index is 1190. The van der Waals surface area contributed by atoms with Crippen molar-refractivity contribution in [3.63, 3.8) is 0 Å². The van der Waals surface area contributed by atoms with Crippen LogP contribution in [0, 0.1) is 17.2 Å². The molecule has 2 aliphatic heterocycles. The molecule has 2 atom stereocenters. The number of hydrogen-bond donors (Lipinski definition) is 2. The number of nitrogens with one attached hydrogen (secondary N) is 2. The van der Waals surface area contributed by atoms with E-state index in [-0.39, 0.29) is 25.0 Å². The third-order valence-electron chi connectivity index (χ3n) is 5.65. The normalized spacial score (nSPS) is 19.7. The summed E-state index contributed by atoms with van der Waals surface area (Å²) in [5.74, 6) is -1.38. The van der Waals surface area contributed by atoms with Crippen molar-refractivity contribution >= 4 is 23.2 Å². The Morgan fingerprint density at radius 1 is 1.26 bits per heavy atom. The number of allylic oxidation sites excluding steroid dienone is 1. The first-order chi connectivity index (χ1) is 16.7. The molecule has 0 aromatic heterocycles. The Morgan fingerprint density at radius 3 is 2.69 bits per heavy atom. The number of nitriles is 1. The molecule has 2 aromatic rings. The van der Waals surface area contributed by atoms with Crippen molar-refractivity contribution in [3.05, 3.63) is 71.6 Å². The Kier molecular flexibility index (Phi) is 6.77. The molecular formula is C24H22F3N5O3. The summed E-state index contributed by atoms with van der Waals surface area (Å²) in [6.07, 6.45) is -2.67. The van der Waals surface area contributed by atoms with Crippen LogP contribution in [0.3, 0.4) is 0 Å². The topological polar surface area (TPSA) is 97.7 Å². The molecule has 2 amide bonds. The number of carbonyl (C=O) groups is 2. The van der Waals surface area contributed by atoms with Crippen LogP contribution in [0.1, 0.15) is 18.1 Å². The van der Waals surface area contributed by atoms with Crippen LogP contribution in [-0.2, 0) is 20.9 Å². The van der Waals surface area contributed by atoms with E-state index in [0.717, 1.165) is 0 Å². The molecule has 2 aromatic carbocycles. The van der Waals surface area contributed by atoms with Crippen LogP contribution < -0.4 is 15.6 Å². The van der Waals surface area contributed by atoms with E-state index in [0.29, 0.717) is 28.2 Å². The van der Waals surface area contributed by atoms with E-state index in [1.165, 1.54) is 4.90 Å². The summed E-state index contributed by atoms with van der Waals surface area (Å²) >= 11 is 0. The first-order valence-corrected chi connectivity index (χ1v) is 10.7. The summed E-state index contributed by atoms with van der Waals surface area (Å²) in [5, 5.41) is 13.5. The van der Waals surface area contributed by atoms with Crippen LogP contribution in [0.5, 0.6) is 0 Å². The van der Waals surface area contributed by atoms with E-state index in [1.807, 2.05) is 6.07 Å². The number of nitrogens with zero attached hydrogens (tertiary/aromatic N) is 3. The first-order valence-electron chi connectivity index (χ1n) is 10.7. The fourth-order valence-corrected chi connectivity index (χ4v) is 4.08. The van der Waals surface area contributed by atoms with Crippen molar-refractivity contribution in [1.29, 1.82) is 5.26 Å². The highest BCUT2D eigenvalue weighted by Crippen LogP contribution is 2.31. The quantitative estimate of drug-likeness (QED) is 0.652. The second-order valence-electron chi connectivity index (χ2n) is 8.22. The van der Waals surface area contributed by atoms with Gasteiger partial charge in [-0.25, -0.2) is 5.43 Å². The van der Waals surface area contributed by atoms with Gasteiger partial charge in [-0.3, -0.25) is 14.5 Å². The predicted molar refractivity (Wildman–Crippen MR) is 120 cm³/mol. The average molecular weight is 485 g/mol. The van der Waals surface area contributed by atoms with E-state index in [4.69, 9.17) is 5.26 Å². The van der Waals surface area contributed by atoms with Crippen molar-refractivity contribution in [2.75, 3.05) is 23.4 Å². The Labute approximate surface area is 199 Å². The van der Waals surface area contributed by atoms with Gasteiger partial charge in [0.2, 0.25) is 5.91 Å². The molecule has 1 fully saturated rings. The molecule has 35 heavy (non-hydrogen) atoms. The van der Waals surface area contributed by atoms with Crippen LogP contribution in [0.15, 0.2) is 60.4 Å². The van der Waals surface area contributed by atoms with Gasteiger partial charge < -0.3 is 15.1 Å². The molecule has 2 heterocycles. The van der Waals surface area contributed by atoms with Gasteiger partial charge in [-0.1, -0.05) is 18.2 Å². The van der Waals surface area contributed by atoms with Gasteiger partial charge in [0.05, 0.1) is 24.2 Å². The van der Waals surface area contributed by atoms with Gasteiger partial charge in [0.15, 0.2) is 0 Å². The number of hydrogen-bond acceptors (Lipinski definition) is 6. The number of ether oxygens (including phenoxy) is 1. The molecule has 0 radical (unpaired) electrons. The highest BCUT2D eigenvalue weighted by molar-refractivity contribution is 6.05. The lowest BCUT2D eigenvalue weighted by Gasteiger charge is -2.36. The SMILES string of the molecule is CC1=CN2NC[C@H](C(=O)Nc3cccc(C#N)c3)C2C(=O)N1c1ccc(COCC(F)(F)F)cc1. The number of hydrazine groups is 1. The van der Waals surface area contributed by atoms with Crippen molar-refractivity contribution < 1.29 is 27.5 Å². The molecule has 0 aliphatic carbocycles. The number of rotatable bonds is 6. The molecule has 4 rings (SSSR count). The number of alkyl halides is 3. The molecule has 1 saturated heterocycles. The second-order valence-corrected chi connectivity index (χ2v) is 8.22. The number of fused-ring (bicyclic) bond motifs is 1. The Hall–Kier alpha value is -3.88. The molecule has 11 heteroatoms. The van der Waals surface area contributed by atoms with E-state index in [9.17, 15) is 22.8 Å². The van der Waals surface area contributed by atoms with Crippen LogP contribution in [0.25, 0.3) is 0 Å². The molecule has 2 N–H and O–H groups in total. The minimum Gasteiger partial charge on any atom is -0.367 e. The zero-order valence-electron chi connectivity index (χ0n) is 18.7. The molecule has 2 aliphatic rings. The monoisotopic (exact) mass is 485 g/mol. The molecule has 182 valence electrons. The summed E-state index contributed by atoms with van der Waals surface area (Å²) in [5.41, 5.74) is 5.60. The van der Waals surface area contributed by atoms with Crippen molar-refractivity contribution in [1.82, 2.24) is 10.4 Å². The number of halogens is 3. The lowest BCUT2D eigenvalue weighted by molar-refractivity contribution is -0.176. The van der Waals surface area contributed by atoms with E-state index >= 15 is 0 Å². The molecule has 0 saturated carbocycles. The summed E-state index contributed by atoms with van der Waals surface area (Å²) in [7, 11) is 0. The van der Waals surface area contributed by atoms with Gasteiger partial charge in [-0.2, -0.15) is 18.4 Å². The molecule has 8 nitrogen and oxygen atoms in total. The standard InChI is InChI=1S/C24H22F3N5O3/c1-15-12-31-21(20(11-29-31)22(33)30-18-4-2-3-17(9-18)10-28)23(34)32(15)19-7-5-16(6-8-19)13-35-14-24(25,26)27/h2-9,12,20-21,29H,11,13-14H2,1H3,(H,30,33)/t20-,21?/m0/s1. The molecule has 1 unspecified atom stereocenters. The lowest BCUT2D eigenvalue weighted by Crippen LogP contribution is -2.53. The van der Waals surface area contributed by atoms with Crippen LogP contribution in [-0.4, -0.2) is 42.2 Å². The molecule has 0 bridgehead atoms. The number of amides is 2. The van der Waals surface area contributed by atoms with E-state index in [2.05, 4.69) is 15.5 Å².